The SMILES string of the molecule is C[C@]12CC[C@H]3C(=C(OCO)C=C4C[C@@H](O)CC[C@@]43C)[C@@H]1C[C@@H](O)[C@@H]2O. The molecule has 3 fully saturated rings. The summed E-state index contributed by atoms with van der Waals surface area (Å²) in [6, 6.07) is 0. The normalized spacial score (nSPS) is 49.2. The zero-order valence-electron chi connectivity index (χ0n) is 15.1. The van der Waals surface area contributed by atoms with Crippen LogP contribution in [0.15, 0.2) is 23.0 Å². The summed E-state index contributed by atoms with van der Waals surface area (Å²) >= 11 is 0. The van der Waals surface area contributed by atoms with Crippen LogP contribution in [0.4, 0.5) is 0 Å². The van der Waals surface area contributed by atoms with Crippen LogP contribution in [0, 0.1) is 22.7 Å². The van der Waals surface area contributed by atoms with Crippen LogP contribution in [0.1, 0.15) is 52.4 Å². The van der Waals surface area contributed by atoms with E-state index in [1.165, 1.54) is 11.1 Å². The highest BCUT2D eigenvalue weighted by atomic mass is 16.6. The molecule has 140 valence electrons. The number of hydrogen-bond acceptors (Lipinski definition) is 5. The number of fused-ring (bicyclic) bond motifs is 5. The molecule has 0 radical (unpaired) electrons. The number of hydrogen-bond donors (Lipinski definition) is 4. The van der Waals surface area contributed by atoms with Crippen molar-refractivity contribution in [1.29, 1.82) is 0 Å². The van der Waals surface area contributed by atoms with E-state index in [1.807, 2.05) is 6.08 Å². The Morgan fingerprint density at radius 3 is 2.60 bits per heavy atom. The maximum absolute atomic E-state index is 10.6. The van der Waals surface area contributed by atoms with Gasteiger partial charge in [-0.3, -0.25) is 0 Å². The fraction of sp³-hybridized carbons (Fsp3) is 0.800. The summed E-state index contributed by atoms with van der Waals surface area (Å²) < 4.78 is 5.62. The lowest BCUT2D eigenvalue weighted by atomic mass is 9.51. The summed E-state index contributed by atoms with van der Waals surface area (Å²) in [6.45, 7) is 3.98. The molecule has 25 heavy (non-hydrogen) atoms. The largest absolute Gasteiger partial charge is 0.468 e. The predicted molar refractivity (Wildman–Crippen MR) is 92.2 cm³/mol. The van der Waals surface area contributed by atoms with Crippen molar-refractivity contribution in [3.05, 3.63) is 23.0 Å². The van der Waals surface area contributed by atoms with Crippen molar-refractivity contribution in [2.45, 2.75) is 70.7 Å². The van der Waals surface area contributed by atoms with Crippen LogP contribution in [-0.2, 0) is 4.74 Å². The molecule has 0 aromatic rings. The van der Waals surface area contributed by atoms with Gasteiger partial charge in [0.05, 0.1) is 18.3 Å². The highest BCUT2D eigenvalue weighted by molar-refractivity contribution is 5.42. The van der Waals surface area contributed by atoms with E-state index in [2.05, 4.69) is 13.8 Å². The minimum absolute atomic E-state index is 0.00327. The molecule has 0 bridgehead atoms. The maximum Gasteiger partial charge on any atom is 0.186 e. The molecular weight excluding hydrogens is 320 g/mol. The second-order valence-electron chi connectivity index (χ2n) is 8.97. The summed E-state index contributed by atoms with van der Waals surface area (Å²) in [5.41, 5.74) is 2.04. The van der Waals surface area contributed by atoms with E-state index < -0.39 is 12.2 Å². The van der Waals surface area contributed by atoms with Crippen molar-refractivity contribution in [3.63, 3.8) is 0 Å². The maximum atomic E-state index is 10.6. The lowest BCUT2D eigenvalue weighted by Gasteiger charge is -2.54. The first kappa shape index (κ1) is 17.5. The highest BCUT2D eigenvalue weighted by Gasteiger charge is 2.60. The Morgan fingerprint density at radius 1 is 1.12 bits per heavy atom. The first-order valence-corrected chi connectivity index (χ1v) is 9.54. The third-order valence-electron chi connectivity index (χ3n) is 7.80. The van der Waals surface area contributed by atoms with E-state index in [4.69, 9.17) is 4.74 Å². The number of aliphatic hydroxyl groups excluding tert-OH is 4. The molecular formula is C20H30O5. The molecule has 4 rings (SSSR count). The summed E-state index contributed by atoms with van der Waals surface area (Å²) in [7, 11) is 0. The van der Waals surface area contributed by atoms with Crippen molar-refractivity contribution in [1.82, 2.24) is 0 Å². The molecule has 0 aliphatic heterocycles. The number of aliphatic hydroxyl groups is 4. The molecule has 0 aromatic heterocycles. The van der Waals surface area contributed by atoms with Gasteiger partial charge in [0.2, 0.25) is 0 Å². The van der Waals surface area contributed by atoms with Crippen molar-refractivity contribution in [2.24, 2.45) is 22.7 Å². The molecule has 0 saturated heterocycles. The summed E-state index contributed by atoms with van der Waals surface area (Å²) in [5.74, 6) is 1.06. The lowest BCUT2D eigenvalue weighted by Crippen LogP contribution is -2.48. The van der Waals surface area contributed by atoms with E-state index >= 15 is 0 Å². The van der Waals surface area contributed by atoms with Gasteiger partial charge in [0.1, 0.15) is 5.76 Å². The fourth-order valence-corrected chi connectivity index (χ4v) is 6.22. The lowest BCUT2D eigenvalue weighted by molar-refractivity contribution is -0.0412. The summed E-state index contributed by atoms with van der Waals surface area (Å²) in [4.78, 5) is 0. The number of rotatable bonds is 2. The Morgan fingerprint density at radius 2 is 1.88 bits per heavy atom. The van der Waals surface area contributed by atoms with Gasteiger partial charge < -0.3 is 25.2 Å². The van der Waals surface area contributed by atoms with Crippen LogP contribution < -0.4 is 0 Å². The van der Waals surface area contributed by atoms with Crippen LogP contribution >= 0.6 is 0 Å². The smallest absolute Gasteiger partial charge is 0.186 e. The minimum atomic E-state index is -0.715. The first-order chi connectivity index (χ1) is 11.8. The predicted octanol–water partition coefficient (Wildman–Crippen LogP) is 1.86. The van der Waals surface area contributed by atoms with Gasteiger partial charge in [-0.25, -0.2) is 0 Å². The van der Waals surface area contributed by atoms with Gasteiger partial charge in [0, 0.05) is 5.41 Å². The van der Waals surface area contributed by atoms with Crippen molar-refractivity contribution in [2.75, 3.05) is 6.79 Å². The second kappa shape index (κ2) is 5.81. The molecule has 0 aromatic carbocycles. The molecule has 4 aliphatic rings. The highest BCUT2D eigenvalue weighted by Crippen LogP contribution is 2.64. The van der Waals surface area contributed by atoms with Crippen LogP contribution in [0.2, 0.25) is 0 Å². The van der Waals surface area contributed by atoms with E-state index in [1.54, 1.807) is 0 Å². The van der Waals surface area contributed by atoms with E-state index in [-0.39, 0.29) is 35.6 Å². The van der Waals surface area contributed by atoms with E-state index in [9.17, 15) is 20.4 Å². The Balaban J connectivity index is 1.83. The van der Waals surface area contributed by atoms with E-state index in [0.29, 0.717) is 18.6 Å². The zero-order chi connectivity index (χ0) is 18.0. The standard InChI is InChI=1S/C20H30O5/c1-19-5-3-12(22)7-11(19)8-16(25-10-21)17-13(19)4-6-20(2)14(17)9-15(23)18(20)24/h8,12-15,18,21-24H,3-7,9-10H2,1-2H3/t12-,13-,14-,15+,18-,19-,20-/m0/s1. The molecule has 3 saturated carbocycles. The molecule has 0 unspecified atom stereocenters. The van der Waals surface area contributed by atoms with Crippen LogP contribution in [0.25, 0.3) is 0 Å². The van der Waals surface area contributed by atoms with Crippen LogP contribution in [0.5, 0.6) is 0 Å². The molecule has 0 spiro atoms. The second-order valence-corrected chi connectivity index (χ2v) is 8.97. The third kappa shape index (κ3) is 2.36. The van der Waals surface area contributed by atoms with Gasteiger partial charge in [-0.15, -0.1) is 0 Å². The third-order valence-corrected chi connectivity index (χ3v) is 7.80. The van der Waals surface area contributed by atoms with Gasteiger partial charge in [0.25, 0.3) is 0 Å². The topological polar surface area (TPSA) is 90.2 Å². The monoisotopic (exact) mass is 350 g/mol. The molecule has 5 heteroatoms. The Hall–Kier alpha value is -0.880. The summed E-state index contributed by atoms with van der Waals surface area (Å²) in [6.07, 6.45) is 5.06. The Kier molecular flexibility index (Phi) is 4.07. The minimum Gasteiger partial charge on any atom is -0.468 e. The quantitative estimate of drug-likeness (QED) is 0.571. The first-order valence-electron chi connectivity index (χ1n) is 9.54. The van der Waals surface area contributed by atoms with Crippen LogP contribution in [-0.4, -0.2) is 45.5 Å². The molecule has 4 N–H and O–H groups in total. The molecule has 0 heterocycles. The fourth-order valence-electron chi connectivity index (χ4n) is 6.22. The van der Waals surface area contributed by atoms with E-state index in [0.717, 1.165) is 25.7 Å². The van der Waals surface area contributed by atoms with Gasteiger partial charge in [0.15, 0.2) is 6.79 Å². The average molecular weight is 350 g/mol. The van der Waals surface area contributed by atoms with Crippen molar-refractivity contribution in [3.8, 4) is 0 Å². The van der Waals surface area contributed by atoms with Gasteiger partial charge >= 0.3 is 0 Å². The Bertz CT molecular complexity index is 626. The molecule has 4 aliphatic carbocycles. The van der Waals surface area contributed by atoms with Gasteiger partial charge in [-0.2, -0.15) is 0 Å². The number of ether oxygens (including phenoxy) is 1. The Labute approximate surface area is 149 Å². The van der Waals surface area contributed by atoms with Crippen molar-refractivity contribution < 1.29 is 25.2 Å². The molecule has 0 amide bonds. The zero-order valence-corrected chi connectivity index (χ0v) is 15.1. The molecule has 7 atom stereocenters. The molecule has 5 nitrogen and oxygen atoms in total. The van der Waals surface area contributed by atoms with Gasteiger partial charge in [-0.05, 0) is 67.4 Å². The van der Waals surface area contributed by atoms with Crippen LogP contribution in [0.3, 0.4) is 0 Å². The summed E-state index contributed by atoms with van der Waals surface area (Å²) in [5, 5.41) is 40.4. The van der Waals surface area contributed by atoms with Gasteiger partial charge in [-0.1, -0.05) is 19.4 Å². The average Bonchev–Trinajstić information content (AvgIpc) is 2.80. The van der Waals surface area contributed by atoms with Crippen molar-refractivity contribution >= 4 is 0 Å². The number of allylic oxidation sites excluding steroid dienone is 2.